The van der Waals surface area contributed by atoms with Crippen LogP contribution in [0.3, 0.4) is 0 Å². The van der Waals surface area contributed by atoms with Crippen molar-refractivity contribution in [2.24, 2.45) is 7.05 Å². The molecule has 0 atom stereocenters. The number of nitrogens with zero attached hydrogens (tertiary/aromatic N) is 5. The third kappa shape index (κ3) is 3.95. The molecule has 3 aromatic heterocycles. The zero-order chi connectivity index (χ0) is 23.0. The summed E-state index contributed by atoms with van der Waals surface area (Å²) < 4.78 is 22.0. The molecule has 3 heterocycles. The minimum absolute atomic E-state index is 0.261. The lowest BCUT2D eigenvalue weighted by molar-refractivity contribution is 0.269. The number of H-pyrrole nitrogens is 1. The van der Waals surface area contributed by atoms with Crippen LogP contribution in [0.1, 0.15) is 31.4 Å². The van der Waals surface area contributed by atoms with E-state index in [1.165, 1.54) is 4.57 Å². The van der Waals surface area contributed by atoms with Crippen molar-refractivity contribution in [3.63, 3.8) is 0 Å². The van der Waals surface area contributed by atoms with E-state index in [9.17, 15) is 4.79 Å². The smallest absolute Gasteiger partial charge is 0.327 e. The number of hydrogen-bond donors (Lipinski definition) is 1. The van der Waals surface area contributed by atoms with E-state index >= 15 is 4.39 Å². The summed E-state index contributed by atoms with van der Waals surface area (Å²) in [4.78, 5) is 21.0. The molecule has 0 spiro atoms. The van der Waals surface area contributed by atoms with Crippen LogP contribution in [0.2, 0.25) is 0 Å². The second-order valence-corrected chi connectivity index (χ2v) is 8.74. The second-order valence-electron chi connectivity index (χ2n) is 8.74. The van der Waals surface area contributed by atoms with Crippen LogP contribution in [0.25, 0.3) is 22.1 Å². The molecule has 9 heteroatoms. The highest BCUT2D eigenvalue weighted by Gasteiger charge is 2.28. The molecular weight excluding hydrogens is 411 g/mol. The summed E-state index contributed by atoms with van der Waals surface area (Å²) in [6, 6.07) is 9.08. The van der Waals surface area contributed by atoms with E-state index in [2.05, 4.69) is 25.1 Å². The van der Waals surface area contributed by atoms with Gasteiger partial charge in [-0.15, -0.1) is 10.2 Å². The monoisotopic (exact) mass is 438 g/mol. The van der Waals surface area contributed by atoms with Gasteiger partial charge in [0.15, 0.2) is 5.65 Å². The van der Waals surface area contributed by atoms with Crippen molar-refractivity contribution in [2.75, 3.05) is 27.2 Å². The van der Waals surface area contributed by atoms with Gasteiger partial charge in [-0.1, -0.05) is 19.9 Å². The Labute approximate surface area is 185 Å². The third-order valence-electron chi connectivity index (χ3n) is 5.81. The first kappa shape index (κ1) is 21.9. The van der Waals surface area contributed by atoms with Gasteiger partial charge >= 0.3 is 5.69 Å². The first-order chi connectivity index (χ1) is 15.2. The van der Waals surface area contributed by atoms with E-state index in [0.717, 1.165) is 23.9 Å². The van der Waals surface area contributed by atoms with Crippen LogP contribution in [0.4, 0.5) is 4.39 Å². The fraction of sp³-hybridized carbons (Fsp3) is 0.391. The lowest BCUT2D eigenvalue weighted by Gasteiger charge is -2.26. The molecule has 0 aliphatic heterocycles. The number of fused-ring (bicyclic) bond motifs is 3. The maximum Gasteiger partial charge on any atom is 0.327 e. The van der Waals surface area contributed by atoms with Gasteiger partial charge in [0.2, 0.25) is 11.8 Å². The Kier molecular flexibility index (Phi) is 5.68. The van der Waals surface area contributed by atoms with Gasteiger partial charge in [0, 0.05) is 36.0 Å². The Morgan fingerprint density at radius 1 is 1.19 bits per heavy atom. The Balaban J connectivity index is 1.67. The molecular formula is C23H27FN6O2. The number of aryl methyl sites for hydroxylation is 1. The predicted molar refractivity (Wildman–Crippen MR) is 122 cm³/mol. The fourth-order valence-corrected chi connectivity index (χ4v) is 3.81. The lowest BCUT2D eigenvalue weighted by atomic mass is 9.78. The second kappa shape index (κ2) is 8.31. The van der Waals surface area contributed by atoms with Crippen molar-refractivity contribution in [3.05, 3.63) is 57.9 Å². The Morgan fingerprint density at radius 2 is 1.97 bits per heavy atom. The summed E-state index contributed by atoms with van der Waals surface area (Å²) in [5, 5.41) is 9.12. The molecule has 4 rings (SSSR count). The van der Waals surface area contributed by atoms with Crippen molar-refractivity contribution in [1.82, 2.24) is 29.6 Å². The molecule has 1 N–H and O–H groups in total. The molecule has 0 saturated carbocycles. The standard InChI is InChI=1S/C23H27FN6O2/c1-23(2,16-8-10-18(25-20(16)24)32-12-6-11-29(3)4)14-7-9-17-15(13-14)19-21(28-27-17)30(5)22(31)26-19/h7-10,13H,6,11-12H2,1-5H3,(H,26,31). The molecule has 32 heavy (non-hydrogen) atoms. The molecule has 4 aromatic rings. The molecule has 0 fully saturated rings. The van der Waals surface area contributed by atoms with E-state index in [-0.39, 0.29) is 11.6 Å². The summed E-state index contributed by atoms with van der Waals surface area (Å²) in [5.41, 5.74) is 2.11. The highest BCUT2D eigenvalue weighted by Crippen LogP contribution is 2.35. The molecule has 168 valence electrons. The van der Waals surface area contributed by atoms with Crippen LogP contribution < -0.4 is 10.4 Å². The van der Waals surface area contributed by atoms with Crippen molar-refractivity contribution in [1.29, 1.82) is 0 Å². The zero-order valence-electron chi connectivity index (χ0n) is 18.9. The van der Waals surface area contributed by atoms with Gasteiger partial charge in [-0.05, 0) is 44.3 Å². The number of halogens is 1. The van der Waals surface area contributed by atoms with Crippen LogP contribution >= 0.6 is 0 Å². The van der Waals surface area contributed by atoms with Crippen molar-refractivity contribution in [2.45, 2.75) is 25.7 Å². The topological polar surface area (TPSA) is 88.9 Å². The van der Waals surface area contributed by atoms with Crippen LogP contribution in [0.15, 0.2) is 35.1 Å². The maximum atomic E-state index is 15.0. The van der Waals surface area contributed by atoms with E-state index < -0.39 is 11.4 Å². The van der Waals surface area contributed by atoms with Gasteiger partial charge in [-0.3, -0.25) is 4.57 Å². The number of hydrogen-bond acceptors (Lipinski definition) is 6. The van der Waals surface area contributed by atoms with Gasteiger partial charge < -0.3 is 14.6 Å². The first-order valence-electron chi connectivity index (χ1n) is 10.5. The highest BCUT2D eigenvalue weighted by atomic mass is 19.1. The SMILES string of the molecule is CN(C)CCCOc1ccc(C(C)(C)c2ccc3nnc4c([nH]c(=O)n4C)c3c2)c(F)n1. The third-order valence-corrected chi connectivity index (χ3v) is 5.81. The number of aromatic amines is 1. The number of ether oxygens (including phenoxy) is 1. The number of benzene rings is 1. The Morgan fingerprint density at radius 3 is 2.69 bits per heavy atom. The van der Waals surface area contributed by atoms with E-state index in [0.29, 0.717) is 28.9 Å². The van der Waals surface area contributed by atoms with Gasteiger partial charge in [0.05, 0.1) is 17.6 Å². The average Bonchev–Trinajstić information content (AvgIpc) is 3.05. The number of pyridine rings is 1. The molecule has 0 unspecified atom stereocenters. The fourth-order valence-electron chi connectivity index (χ4n) is 3.81. The molecule has 1 aromatic carbocycles. The number of imidazole rings is 1. The molecule has 0 radical (unpaired) electrons. The largest absolute Gasteiger partial charge is 0.478 e. The summed E-state index contributed by atoms with van der Waals surface area (Å²) in [6.07, 6.45) is 0.833. The zero-order valence-corrected chi connectivity index (χ0v) is 18.9. The molecule has 0 amide bonds. The van der Waals surface area contributed by atoms with Gasteiger partial charge in [-0.2, -0.15) is 9.37 Å². The normalized spacial score (nSPS) is 12.2. The minimum atomic E-state index is -0.681. The van der Waals surface area contributed by atoms with Crippen LogP contribution in [0.5, 0.6) is 5.88 Å². The first-order valence-corrected chi connectivity index (χ1v) is 10.5. The van der Waals surface area contributed by atoms with E-state index in [1.54, 1.807) is 19.2 Å². The number of nitrogens with one attached hydrogen (secondary N) is 1. The predicted octanol–water partition coefficient (Wildman–Crippen LogP) is 3.00. The summed E-state index contributed by atoms with van der Waals surface area (Å²) in [7, 11) is 5.63. The summed E-state index contributed by atoms with van der Waals surface area (Å²) >= 11 is 0. The van der Waals surface area contributed by atoms with Crippen LogP contribution in [-0.2, 0) is 12.5 Å². The van der Waals surface area contributed by atoms with Gasteiger partial charge in [0.1, 0.15) is 0 Å². The number of rotatable bonds is 7. The van der Waals surface area contributed by atoms with E-state index in [1.807, 2.05) is 46.1 Å². The molecule has 0 aliphatic rings. The quantitative estimate of drug-likeness (QED) is 0.353. The molecule has 0 saturated heterocycles. The highest BCUT2D eigenvalue weighted by molar-refractivity contribution is 6.00. The van der Waals surface area contributed by atoms with Crippen molar-refractivity contribution < 1.29 is 9.13 Å². The van der Waals surface area contributed by atoms with Gasteiger partial charge in [0.25, 0.3) is 0 Å². The molecule has 0 bridgehead atoms. The summed E-state index contributed by atoms with van der Waals surface area (Å²) in [6.45, 7) is 5.24. The van der Waals surface area contributed by atoms with Crippen molar-refractivity contribution in [3.8, 4) is 5.88 Å². The molecule has 0 aliphatic carbocycles. The van der Waals surface area contributed by atoms with Crippen LogP contribution in [0, 0.1) is 5.95 Å². The van der Waals surface area contributed by atoms with Crippen molar-refractivity contribution >= 4 is 22.1 Å². The molecule has 8 nitrogen and oxygen atoms in total. The lowest BCUT2D eigenvalue weighted by Crippen LogP contribution is -2.21. The van der Waals surface area contributed by atoms with Gasteiger partial charge in [-0.25, -0.2) is 4.79 Å². The average molecular weight is 439 g/mol. The van der Waals surface area contributed by atoms with E-state index in [4.69, 9.17) is 4.74 Å². The Hall–Kier alpha value is -3.33. The van der Waals surface area contributed by atoms with Crippen LogP contribution in [-0.4, -0.2) is 56.9 Å². The Bertz CT molecular complexity index is 1340. The number of aromatic nitrogens is 5. The summed E-state index contributed by atoms with van der Waals surface area (Å²) in [5.74, 6) is -0.288. The maximum absolute atomic E-state index is 15.0. The minimum Gasteiger partial charge on any atom is -0.478 e.